The molecule has 1 N–H and O–H groups in total. The molecule has 0 bridgehead atoms. The van der Waals surface area contributed by atoms with Crippen molar-refractivity contribution in [3.63, 3.8) is 0 Å². The predicted molar refractivity (Wildman–Crippen MR) is 27.2 cm³/mol. The Morgan fingerprint density at radius 2 is 1.06 bits per heavy atom. The van der Waals surface area contributed by atoms with E-state index in [2.05, 4.69) is 8.62 Å². The van der Waals surface area contributed by atoms with E-state index in [9.17, 15) is 33.3 Å². The first kappa shape index (κ1) is 33.1. The van der Waals surface area contributed by atoms with Crippen LogP contribution in [0.4, 0.5) is 0 Å². The largest absolute Gasteiger partial charge is 1.00 e. The summed E-state index contributed by atoms with van der Waals surface area (Å²) in [6.07, 6.45) is 0. The summed E-state index contributed by atoms with van der Waals surface area (Å²) in [5, 5.41) is 0. The van der Waals surface area contributed by atoms with Gasteiger partial charge in [-0.05, 0) is 0 Å². The summed E-state index contributed by atoms with van der Waals surface area (Å²) in [7, 11) is -17.6. The third kappa shape index (κ3) is 25.7. The van der Waals surface area contributed by atoms with Gasteiger partial charge < -0.3 is 29.0 Å². The molecule has 17 heavy (non-hydrogen) atoms. The van der Waals surface area contributed by atoms with Crippen molar-refractivity contribution in [1.29, 1.82) is 0 Å². The standard InChI is InChI=1S/4Na.H5O10P3/c;;;;1-11(2,3)9-13(7,8)10-12(4,5)6/h;;;;(H,7,8)(H2,1,2,3)(H2,4,5,6)/q4*+1;/p-4. The van der Waals surface area contributed by atoms with Crippen molar-refractivity contribution in [2.24, 2.45) is 0 Å². The van der Waals surface area contributed by atoms with Gasteiger partial charge in [-0.1, -0.05) is 0 Å². The molecule has 10 nitrogen and oxygen atoms in total. The molecule has 2 unspecified atom stereocenters. The van der Waals surface area contributed by atoms with Gasteiger partial charge in [-0.3, -0.25) is 13.4 Å². The minimum Gasteiger partial charge on any atom is -0.790 e. The average molecular weight is 346 g/mol. The molecule has 0 aliphatic heterocycles. The van der Waals surface area contributed by atoms with Crippen LogP contribution < -0.4 is 138 Å². The number of hydrogen-bond donors (Lipinski definition) is 1. The third-order valence-electron chi connectivity index (χ3n) is 0.403. The summed E-state index contributed by atoms with van der Waals surface area (Å²) < 4.78 is 35.0. The van der Waals surface area contributed by atoms with Crippen LogP contribution in [0, 0.1) is 0 Å². The normalized spacial score (nSPS) is 16.8. The maximum Gasteiger partial charge on any atom is 1.00 e. The van der Waals surface area contributed by atoms with Crippen LogP contribution in [0.1, 0.15) is 0 Å². The van der Waals surface area contributed by atoms with Gasteiger partial charge in [-0.2, -0.15) is 0 Å². The van der Waals surface area contributed by atoms with E-state index in [4.69, 9.17) is 4.89 Å². The summed E-state index contributed by atoms with van der Waals surface area (Å²) in [5.41, 5.74) is 0. The molecule has 0 aromatic heterocycles. The van der Waals surface area contributed by atoms with Crippen LogP contribution in [0.3, 0.4) is 0 Å². The van der Waals surface area contributed by atoms with Gasteiger partial charge in [0, 0.05) is 0 Å². The van der Waals surface area contributed by atoms with Gasteiger partial charge in [0.15, 0.2) is 0 Å². The Morgan fingerprint density at radius 1 is 0.765 bits per heavy atom. The smallest absolute Gasteiger partial charge is 0.790 e. The minimum atomic E-state index is -5.95. The zero-order valence-corrected chi connectivity index (χ0v) is 20.1. The van der Waals surface area contributed by atoms with Gasteiger partial charge in [0.1, 0.15) is 0 Å². The molecule has 0 radical (unpaired) electrons. The maximum absolute atomic E-state index is 10.1. The number of hydrogen-bond acceptors (Lipinski definition) is 9. The fourth-order valence-electron chi connectivity index (χ4n) is 0.264. The third-order valence-corrected chi connectivity index (χ3v) is 3.63. The van der Waals surface area contributed by atoms with E-state index in [0.717, 1.165) is 0 Å². The van der Waals surface area contributed by atoms with Gasteiger partial charge in [0.25, 0.3) is 15.6 Å². The van der Waals surface area contributed by atoms with Crippen molar-refractivity contribution in [3.05, 3.63) is 0 Å². The predicted octanol–water partition coefficient (Wildman–Crippen LogP) is -15.2. The van der Waals surface area contributed by atoms with Gasteiger partial charge >= 0.3 is 118 Å². The first-order valence-corrected chi connectivity index (χ1v) is 6.62. The first-order valence-electron chi connectivity index (χ1n) is 2.21. The first-order chi connectivity index (χ1) is 5.41. The Balaban J connectivity index is -0.000000120. The molecule has 0 heterocycles. The van der Waals surface area contributed by atoms with Gasteiger partial charge in [-0.15, -0.1) is 0 Å². The van der Waals surface area contributed by atoms with E-state index < -0.39 is 23.5 Å². The second-order valence-corrected chi connectivity index (χ2v) is 5.56. The van der Waals surface area contributed by atoms with Crippen LogP contribution in [-0.2, 0) is 22.3 Å². The van der Waals surface area contributed by atoms with E-state index in [1.54, 1.807) is 0 Å². The molecule has 80 valence electrons. The summed E-state index contributed by atoms with van der Waals surface area (Å²) in [4.78, 5) is 47.0. The second kappa shape index (κ2) is 12.9. The van der Waals surface area contributed by atoms with E-state index in [1.807, 2.05) is 0 Å². The molecule has 0 saturated heterocycles. The topological polar surface area (TPSA) is 182 Å². The van der Waals surface area contributed by atoms with Crippen molar-refractivity contribution < 1.29 is 165 Å². The van der Waals surface area contributed by atoms with E-state index in [0.29, 0.717) is 0 Å². The monoisotopic (exact) mass is 346 g/mol. The molecule has 0 fully saturated rings. The maximum atomic E-state index is 10.1. The summed E-state index contributed by atoms with van der Waals surface area (Å²) in [6.45, 7) is 0. The van der Waals surface area contributed by atoms with Crippen LogP contribution in [0.15, 0.2) is 0 Å². The zero-order chi connectivity index (χ0) is 10.9. The molecule has 0 rings (SSSR count). The fourth-order valence-corrected chi connectivity index (χ4v) is 2.64. The molecular weight excluding hydrogens is 345 g/mol. The van der Waals surface area contributed by atoms with Crippen LogP contribution in [0.2, 0.25) is 0 Å². The van der Waals surface area contributed by atoms with Crippen molar-refractivity contribution in [2.75, 3.05) is 0 Å². The molecule has 0 spiro atoms. The average Bonchev–Trinajstić information content (AvgIpc) is 1.43. The molecule has 2 atom stereocenters. The van der Waals surface area contributed by atoms with Crippen LogP contribution in [0.5, 0.6) is 0 Å². The minimum absolute atomic E-state index is 0. The molecule has 0 aromatic carbocycles. The Morgan fingerprint density at radius 3 is 1.24 bits per heavy atom. The summed E-state index contributed by atoms with van der Waals surface area (Å²) >= 11 is 0. The molecule has 0 aromatic rings. The van der Waals surface area contributed by atoms with Crippen LogP contribution in [-0.4, -0.2) is 4.89 Å². The second-order valence-electron chi connectivity index (χ2n) is 1.53. The SMILES string of the molecule is O=P([O-])([O-])OP(=O)([O-])OP(=O)([O-])O.[Na+].[Na+].[Na+].[Na+]. The van der Waals surface area contributed by atoms with Gasteiger partial charge in [0.05, 0.1) is 7.82 Å². The number of phosphoric acid groups is 3. The molecule has 0 amide bonds. The van der Waals surface area contributed by atoms with Crippen LogP contribution in [0.25, 0.3) is 0 Å². The van der Waals surface area contributed by atoms with Gasteiger partial charge in [-0.25, -0.2) is 4.31 Å². The van der Waals surface area contributed by atoms with Crippen molar-refractivity contribution in [3.8, 4) is 0 Å². The van der Waals surface area contributed by atoms with Crippen LogP contribution >= 0.6 is 23.5 Å². The molecular formula is HNa4O10P3. The van der Waals surface area contributed by atoms with Crippen molar-refractivity contribution in [2.45, 2.75) is 0 Å². The van der Waals surface area contributed by atoms with E-state index in [-0.39, 0.29) is 118 Å². The fraction of sp³-hybridized carbons (Fsp3) is 0. The summed E-state index contributed by atoms with van der Waals surface area (Å²) in [5.74, 6) is 0. The van der Waals surface area contributed by atoms with Crippen molar-refractivity contribution in [1.82, 2.24) is 0 Å². The summed E-state index contributed by atoms with van der Waals surface area (Å²) in [6, 6.07) is 0. The molecule has 0 saturated carbocycles. The molecule has 0 aliphatic rings. The van der Waals surface area contributed by atoms with Gasteiger partial charge in [0.2, 0.25) is 0 Å². The van der Waals surface area contributed by atoms with E-state index >= 15 is 0 Å². The van der Waals surface area contributed by atoms with E-state index in [1.165, 1.54) is 0 Å². The Hall–Kier alpha value is 4.41. The molecule has 0 aliphatic carbocycles. The quantitative estimate of drug-likeness (QED) is 0.379. The molecule has 17 heteroatoms. The Bertz CT molecular complexity index is 286. The van der Waals surface area contributed by atoms with Crippen molar-refractivity contribution >= 4 is 23.5 Å². The Labute approximate surface area is 185 Å². The number of rotatable bonds is 4. The Kier molecular flexibility index (Phi) is 25.1. The zero-order valence-electron chi connectivity index (χ0n) is 9.46.